The lowest BCUT2D eigenvalue weighted by Gasteiger charge is -2.21. The van der Waals surface area contributed by atoms with Crippen LogP contribution in [0.15, 0.2) is 42.5 Å². The van der Waals surface area contributed by atoms with Crippen molar-refractivity contribution in [3.8, 4) is 11.1 Å². The van der Waals surface area contributed by atoms with Crippen LogP contribution in [0.5, 0.6) is 0 Å². The third-order valence-electron chi connectivity index (χ3n) is 3.39. The summed E-state index contributed by atoms with van der Waals surface area (Å²) in [7, 11) is 0. The molecule has 2 aromatic carbocycles. The van der Waals surface area contributed by atoms with Crippen LogP contribution in [0.4, 0.5) is 0 Å². The van der Waals surface area contributed by atoms with Crippen LogP contribution < -0.4 is 5.32 Å². The maximum Gasteiger partial charge on any atom is 0.251 e. The molecule has 0 saturated carbocycles. The average molecular weight is 297 g/mol. The van der Waals surface area contributed by atoms with Crippen LogP contribution in [0.25, 0.3) is 11.1 Å². The maximum absolute atomic E-state index is 12.3. The number of hydrogen-bond donors (Lipinski definition) is 2. The number of benzene rings is 2. The van der Waals surface area contributed by atoms with E-state index >= 15 is 0 Å². The Morgan fingerprint density at radius 1 is 1.09 bits per heavy atom. The molecule has 2 rings (SSSR count). The van der Waals surface area contributed by atoms with E-state index in [1.165, 1.54) is 5.56 Å². The molecule has 0 heterocycles. The Bertz CT molecular complexity index is 667. The van der Waals surface area contributed by atoms with Crippen molar-refractivity contribution in [1.29, 1.82) is 0 Å². The molecule has 3 heteroatoms. The van der Waals surface area contributed by atoms with Gasteiger partial charge >= 0.3 is 0 Å². The van der Waals surface area contributed by atoms with Gasteiger partial charge in [0.25, 0.3) is 5.91 Å². The summed E-state index contributed by atoms with van der Waals surface area (Å²) in [6, 6.07) is 13.5. The fraction of sp³-hybridized carbons (Fsp3) is 0.316. The Morgan fingerprint density at radius 3 is 2.27 bits per heavy atom. The molecule has 0 aromatic heterocycles. The summed E-state index contributed by atoms with van der Waals surface area (Å²) in [5.74, 6) is -0.106. The van der Waals surface area contributed by atoms with Crippen molar-refractivity contribution in [3.63, 3.8) is 0 Å². The zero-order valence-corrected chi connectivity index (χ0v) is 13.6. The predicted molar refractivity (Wildman–Crippen MR) is 89.8 cm³/mol. The van der Waals surface area contributed by atoms with Crippen LogP contribution in [-0.2, 0) is 6.61 Å². The standard InChI is InChI=1S/C19H23NO2/c1-13-5-7-14(8-6-13)17-11-15(9-10-16(17)12-21)18(22)20-19(2,3)4/h5-11,21H,12H2,1-4H3,(H,20,22). The molecule has 0 saturated heterocycles. The molecule has 0 aliphatic carbocycles. The summed E-state index contributed by atoms with van der Waals surface area (Å²) in [5, 5.41) is 12.5. The number of hydrogen-bond acceptors (Lipinski definition) is 2. The Morgan fingerprint density at radius 2 is 1.73 bits per heavy atom. The van der Waals surface area contributed by atoms with Gasteiger partial charge in [0.1, 0.15) is 0 Å². The van der Waals surface area contributed by atoms with Gasteiger partial charge < -0.3 is 10.4 Å². The summed E-state index contributed by atoms with van der Waals surface area (Å²) < 4.78 is 0. The van der Waals surface area contributed by atoms with Crippen molar-refractivity contribution in [2.24, 2.45) is 0 Å². The van der Waals surface area contributed by atoms with Crippen molar-refractivity contribution >= 4 is 5.91 Å². The Labute approximate surface area is 132 Å². The quantitative estimate of drug-likeness (QED) is 0.908. The predicted octanol–water partition coefficient (Wildman–Crippen LogP) is 3.68. The first kappa shape index (κ1) is 16.2. The van der Waals surface area contributed by atoms with Crippen molar-refractivity contribution < 1.29 is 9.90 Å². The Kier molecular flexibility index (Phi) is 4.67. The molecule has 0 bridgehead atoms. The molecule has 1 amide bonds. The van der Waals surface area contributed by atoms with Gasteiger partial charge in [0.2, 0.25) is 0 Å². The van der Waals surface area contributed by atoms with Gasteiger partial charge in [-0.3, -0.25) is 4.79 Å². The largest absolute Gasteiger partial charge is 0.392 e. The first-order chi connectivity index (χ1) is 10.3. The Hall–Kier alpha value is -2.13. The summed E-state index contributed by atoms with van der Waals surface area (Å²) in [6.45, 7) is 7.84. The van der Waals surface area contributed by atoms with Gasteiger partial charge in [-0.15, -0.1) is 0 Å². The van der Waals surface area contributed by atoms with E-state index in [-0.39, 0.29) is 18.1 Å². The molecule has 2 aromatic rings. The molecule has 0 aliphatic heterocycles. The second kappa shape index (κ2) is 6.32. The molecule has 3 nitrogen and oxygen atoms in total. The highest BCUT2D eigenvalue weighted by Gasteiger charge is 2.16. The minimum absolute atomic E-state index is 0.0512. The van der Waals surface area contributed by atoms with Gasteiger partial charge in [-0.25, -0.2) is 0 Å². The van der Waals surface area contributed by atoms with Crippen LogP contribution in [0.2, 0.25) is 0 Å². The average Bonchev–Trinajstić information content (AvgIpc) is 2.45. The number of nitrogens with one attached hydrogen (secondary N) is 1. The minimum atomic E-state index is -0.281. The second-order valence-corrected chi connectivity index (χ2v) is 6.60. The van der Waals surface area contributed by atoms with Crippen LogP contribution in [0, 0.1) is 6.92 Å². The lowest BCUT2D eigenvalue weighted by molar-refractivity contribution is 0.0919. The third-order valence-corrected chi connectivity index (χ3v) is 3.39. The lowest BCUT2D eigenvalue weighted by Crippen LogP contribution is -2.40. The highest BCUT2D eigenvalue weighted by atomic mass is 16.3. The van der Waals surface area contributed by atoms with E-state index in [0.29, 0.717) is 5.56 Å². The van der Waals surface area contributed by atoms with Gasteiger partial charge in [0.05, 0.1) is 6.61 Å². The summed E-state index contributed by atoms with van der Waals surface area (Å²) >= 11 is 0. The maximum atomic E-state index is 12.3. The molecule has 116 valence electrons. The molecule has 0 spiro atoms. The minimum Gasteiger partial charge on any atom is -0.392 e. The SMILES string of the molecule is Cc1ccc(-c2cc(C(=O)NC(C)(C)C)ccc2CO)cc1. The number of amides is 1. The molecule has 0 fully saturated rings. The molecule has 0 unspecified atom stereocenters. The number of aliphatic hydroxyl groups excluding tert-OH is 1. The topological polar surface area (TPSA) is 49.3 Å². The van der Waals surface area contributed by atoms with Gasteiger partial charge in [0, 0.05) is 11.1 Å². The van der Waals surface area contributed by atoms with E-state index < -0.39 is 0 Å². The molecule has 2 N–H and O–H groups in total. The molecule has 0 radical (unpaired) electrons. The smallest absolute Gasteiger partial charge is 0.251 e. The summed E-state index contributed by atoms with van der Waals surface area (Å²) in [6.07, 6.45) is 0. The fourth-order valence-corrected chi connectivity index (χ4v) is 2.27. The van der Waals surface area contributed by atoms with Crippen molar-refractivity contribution in [3.05, 3.63) is 59.2 Å². The van der Waals surface area contributed by atoms with Crippen molar-refractivity contribution in [2.45, 2.75) is 39.8 Å². The van der Waals surface area contributed by atoms with E-state index in [1.807, 2.05) is 64.1 Å². The van der Waals surface area contributed by atoms with Gasteiger partial charge in [-0.2, -0.15) is 0 Å². The van der Waals surface area contributed by atoms with E-state index in [4.69, 9.17) is 0 Å². The number of carbonyl (C=O) groups excluding carboxylic acids is 1. The number of rotatable bonds is 3. The first-order valence-corrected chi connectivity index (χ1v) is 7.43. The van der Waals surface area contributed by atoms with E-state index in [2.05, 4.69) is 5.32 Å². The van der Waals surface area contributed by atoms with Gasteiger partial charge in [-0.1, -0.05) is 35.9 Å². The van der Waals surface area contributed by atoms with Gasteiger partial charge in [0.15, 0.2) is 0 Å². The van der Waals surface area contributed by atoms with Crippen molar-refractivity contribution in [2.75, 3.05) is 0 Å². The summed E-state index contributed by atoms with van der Waals surface area (Å²) in [4.78, 5) is 12.3. The van der Waals surface area contributed by atoms with Gasteiger partial charge in [-0.05, 0) is 56.5 Å². The second-order valence-electron chi connectivity index (χ2n) is 6.60. The van der Waals surface area contributed by atoms with Crippen LogP contribution in [0.3, 0.4) is 0 Å². The molecule has 0 aliphatic rings. The monoisotopic (exact) mass is 297 g/mol. The van der Waals surface area contributed by atoms with E-state index in [9.17, 15) is 9.90 Å². The van der Waals surface area contributed by atoms with Crippen molar-refractivity contribution in [1.82, 2.24) is 5.32 Å². The Balaban J connectivity index is 2.42. The molecular weight excluding hydrogens is 274 g/mol. The summed E-state index contributed by atoms with van der Waals surface area (Å²) in [5.41, 5.74) is 4.20. The zero-order chi connectivity index (χ0) is 16.3. The fourth-order valence-electron chi connectivity index (χ4n) is 2.27. The number of aliphatic hydroxyl groups is 1. The van der Waals surface area contributed by atoms with Crippen LogP contribution in [0.1, 0.15) is 42.3 Å². The molecular formula is C19H23NO2. The van der Waals surface area contributed by atoms with Crippen LogP contribution >= 0.6 is 0 Å². The lowest BCUT2D eigenvalue weighted by atomic mass is 9.96. The van der Waals surface area contributed by atoms with Crippen LogP contribution in [-0.4, -0.2) is 16.6 Å². The molecule has 0 atom stereocenters. The number of carbonyl (C=O) groups is 1. The molecule has 22 heavy (non-hydrogen) atoms. The van der Waals surface area contributed by atoms with E-state index in [0.717, 1.165) is 16.7 Å². The normalized spacial score (nSPS) is 11.3. The third kappa shape index (κ3) is 3.95. The zero-order valence-electron chi connectivity index (χ0n) is 13.6. The first-order valence-electron chi connectivity index (χ1n) is 7.43. The highest BCUT2D eigenvalue weighted by Crippen LogP contribution is 2.26. The van der Waals surface area contributed by atoms with E-state index in [1.54, 1.807) is 6.07 Å². The number of aryl methyl sites for hydroxylation is 1. The highest BCUT2D eigenvalue weighted by molar-refractivity contribution is 5.96.